The van der Waals surface area contributed by atoms with Crippen molar-refractivity contribution in [3.63, 3.8) is 0 Å². The van der Waals surface area contributed by atoms with Gasteiger partial charge in [0.1, 0.15) is 5.82 Å². The lowest BCUT2D eigenvalue weighted by Crippen LogP contribution is -2.21. The first-order chi connectivity index (χ1) is 11.1. The summed E-state index contributed by atoms with van der Waals surface area (Å²) in [5.74, 6) is -1.45. The molecule has 116 valence electrons. The van der Waals surface area contributed by atoms with Gasteiger partial charge in [-0.3, -0.25) is 9.59 Å². The summed E-state index contributed by atoms with van der Waals surface area (Å²) in [5, 5.41) is 11.2. The standard InChI is InChI=1S/C17H13FN2O3/c18-14-5-1-12(2-6-14)9-17(22)23-11-16(21)20-15-7-3-13(10-19)4-8-15/h1-8H,9,11H2,(H,20,21). The Morgan fingerprint density at radius 3 is 2.35 bits per heavy atom. The van der Waals surface area contributed by atoms with Crippen molar-refractivity contribution in [3.8, 4) is 6.07 Å². The summed E-state index contributed by atoms with van der Waals surface area (Å²) >= 11 is 0. The Kier molecular flexibility index (Phi) is 5.42. The van der Waals surface area contributed by atoms with Gasteiger partial charge in [-0.15, -0.1) is 0 Å². The molecule has 0 spiro atoms. The Bertz CT molecular complexity index is 734. The van der Waals surface area contributed by atoms with Gasteiger partial charge in [0.25, 0.3) is 5.91 Å². The van der Waals surface area contributed by atoms with Crippen LogP contribution in [0.15, 0.2) is 48.5 Å². The van der Waals surface area contributed by atoms with Gasteiger partial charge in [0.2, 0.25) is 0 Å². The van der Waals surface area contributed by atoms with E-state index in [0.29, 0.717) is 16.8 Å². The highest BCUT2D eigenvalue weighted by atomic mass is 19.1. The smallest absolute Gasteiger partial charge is 0.310 e. The van der Waals surface area contributed by atoms with Gasteiger partial charge in [-0.25, -0.2) is 4.39 Å². The molecule has 0 radical (unpaired) electrons. The number of nitriles is 1. The minimum absolute atomic E-state index is 0.0373. The maximum atomic E-state index is 12.7. The number of nitrogens with one attached hydrogen (secondary N) is 1. The van der Waals surface area contributed by atoms with Crippen LogP contribution in [0.5, 0.6) is 0 Å². The highest BCUT2D eigenvalue weighted by Crippen LogP contribution is 2.09. The molecule has 5 nitrogen and oxygen atoms in total. The molecule has 0 unspecified atom stereocenters. The number of ether oxygens (including phenoxy) is 1. The average molecular weight is 312 g/mol. The number of esters is 1. The highest BCUT2D eigenvalue weighted by molar-refractivity contribution is 5.92. The molecule has 0 saturated carbocycles. The van der Waals surface area contributed by atoms with Gasteiger partial charge in [0.15, 0.2) is 6.61 Å². The van der Waals surface area contributed by atoms with E-state index in [4.69, 9.17) is 10.00 Å². The Labute approximate surface area is 132 Å². The number of nitrogens with zero attached hydrogens (tertiary/aromatic N) is 1. The summed E-state index contributed by atoms with van der Waals surface area (Å²) in [7, 11) is 0. The number of hydrogen-bond acceptors (Lipinski definition) is 4. The van der Waals surface area contributed by atoms with Crippen LogP contribution in [0.25, 0.3) is 0 Å². The Balaban J connectivity index is 1.78. The number of hydrogen-bond donors (Lipinski definition) is 1. The van der Waals surface area contributed by atoms with Crippen LogP contribution in [-0.2, 0) is 20.7 Å². The second-order valence-electron chi connectivity index (χ2n) is 4.70. The highest BCUT2D eigenvalue weighted by Gasteiger charge is 2.09. The fraction of sp³-hybridized carbons (Fsp3) is 0.118. The molecule has 0 aliphatic heterocycles. The Morgan fingerprint density at radius 1 is 1.09 bits per heavy atom. The van der Waals surface area contributed by atoms with Crippen LogP contribution in [0.1, 0.15) is 11.1 Å². The van der Waals surface area contributed by atoms with Crippen LogP contribution < -0.4 is 5.32 Å². The number of halogens is 1. The second kappa shape index (κ2) is 7.71. The quantitative estimate of drug-likeness (QED) is 0.860. The molecule has 6 heteroatoms. The maximum absolute atomic E-state index is 12.7. The van der Waals surface area contributed by atoms with Crippen molar-refractivity contribution in [2.75, 3.05) is 11.9 Å². The van der Waals surface area contributed by atoms with Crippen molar-refractivity contribution >= 4 is 17.6 Å². The van der Waals surface area contributed by atoms with Gasteiger partial charge < -0.3 is 10.1 Å². The van der Waals surface area contributed by atoms with Crippen molar-refractivity contribution in [2.45, 2.75) is 6.42 Å². The predicted molar refractivity (Wildman–Crippen MR) is 80.8 cm³/mol. The van der Waals surface area contributed by atoms with Crippen LogP contribution in [0, 0.1) is 17.1 Å². The zero-order chi connectivity index (χ0) is 16.7. The minimum atomic E-state index is -0.577. The summed E-state index contributed by atoms with van der Waals surface area (Å²) in [6.45, 7) is -0.417. The Hall–Kier alpha value is -3.20. The zero-order valence-electron chi connectivity index (χ0n) is 12.1. The van der Waals surface area contributed by atoms with Gasteiger partial charge in [-0.1, -0.05) is 12.1 Å². The number of benzene rings is 2. The third kappa shape index (κ3) is 5.25. The third-order valence-electron chi connectivity index (χ3n) is 2.92. The number of anilines is 1. The number of rotatable bonds is 5. The van der Waals surface area contributed by atoms with E-state index in [1.165, 1.54) is 24.3 Å². The molecule has 0 aliphatic carbocycles. The lowest BCUT2D eigenvalue weighted by Gasteiger charge is -2.07. The predicted octanol–water partition coefficient (Wildman–Crippen LogP) is 2.42. The molecule has 1 N–H and O–H groups in total. The molecule has 0 fully saturated rings. The largest absolute Gasteiger partial charge is 0.455 e. The number of carbonyl (C=O) groups is 2. The third-order valence-corrected chi connectivity index (χ3v) is 2.92. The van der Waals surface area contributed by atoms with E-state index in [1.54, 1.807) is 24.3 Å². The summed E-state index contributed by atoms with van der Waals surface area (Å²) in [4.78, 5) is 23.3. The first kappa shape index (κ1) is 16.2. The van der Waals surface area contributed by atoms with Crippen molar-refractivity contribution in [3.05, 3.63) is 65.5 Å². The number of carbonyl (C=O) groups excluding carboxylic acids is 2. The monoisotopic (exact) mass is 312 g/mol. The van der Waals surface area contributed by atoms with Crippen LogP contribution >= 0.6 is 0 Å². The molecular formula is C17H13FN2O3. The van der Waals surface area contributed by atoms with Crippen molar-refractivity contribution in [1.29, 1.82) is 5.26 Å². The van der Waals surface area contributed by atoms with E-state index in [9.17, 15) is 14.0 Å². The fourth-order valence-electron chi connectivity index (χ4n) is 1.79. The van der Waals surface area contributed by atoms with E-state index in [2.05, 4.69) is 5.32 Å². The lowest BCUT2D eigenvalue weighted by molar-refractivity contribution is -0.146. The van der Waals surface area contributed by atoms with E-state index >= 15 is 0 Å². The molecule has 0 aromatic heterocycles. The van der Waals surface area contributed by atoms with Crippen LogP contribution in [0.4, 0.5) is 10.1 Å². The average Bonchev–Trinajstić information content (AvgIpc) is 2.56. The molecule has 23 heavy (non-hydrogen) atoms. The molecule has 0 saturated heterocycles. The first-order valence-corrected chi connectivity index (χ1v) is 6.77. The Morgan fingerprint density at radius 2 is 1.74 bits per heavy atom. The molecule has 2 rings (SSSR count). The van der Waals surface area contributed by atoms with Gasteiger partial charge in [0, 0.05) is 5.69 Å². The molecule has 2 aromatic rings. The second-order valence-corrected chi connectivity index (χ2v) is 4.70. The lowest BCUT2D eigenvalue weighted by atomic mass is 10.1. The van der Waals surface area contributed by atoms with Gasteiger partial charge in [0.05, 0.1) is 18.1 Å². The summed E-state index contributed by atoms with van der Waals surface area (Å²) in [5.41, 5.74) is 1.58. The van der Waals surface area contributed by atoms with E-state index < -0.39 is 18.5 Å². The van der Waals surface area contributed by atoms with E-state index in [1.807, 2.05) is 6.07 Å². The van der Waals surface area contributed by atoms with Crippen LogP contribution in [-0.4, -0.2) is 18.5 Å². The minimum Gasteiger partial charge on any atom is -0.455 e. The molecule has 1 amide bonds. The molecule has 0 bridgehead atoms. The molecule has 2 aromatic carbocycles. The normalized spacial score (nSPS) is 9.74. The topological polar surface area (TPSA) is 79.2 Å². The van der Waals surface area contributed by atoms with Gasteiger partial charge in [-0.2, -0.15) is 5.26 Å². The summed E-state index contributed by atoms with van der Waals surface area (Å²) < 4.78 is 17.6. The van der Waals surface area contributed by atoms with Gasteiger partial charge in [-0.05, 0) is 42.0 Å². The van der Waals surface area contributed by atoms with Crippen molar-refractivity contribution in [2.24, 2.45) is 0 Å². The van der Waals surface area contributed by atoms with Crippen molar-refractivity contribution in [1.82, 2.24) is 0 Å². The van der Waals surface area contributed by atoms with Crippen LogP contribution in [0.3, 0.4) is 0 Å². The fourth-order valence-corrected chi connectivity index (χ4v) is 1.79. The molecule has 0 aliphatic rings. The maximum Gasteiger partial charge on any atom is 0.310 e. The zero-order valence-corrected chi connectivity index (χ0v) is 12.1. The van der Waals surface area contributed by atoms with E-state index in [0.717, 1.165) is 0 Å². The summed E-state index contributed by atoms with van der Waals surface area (Å²) in [6, 6.07) is 13.7. The van der Waals surface area contributed by atoms with Crippen LogP contribution in [0.2, 0.25) is 0 Å². The SMILES string of the molecule is N#Cc1ccc(NC(=O)COC(=O)Cc2ccc(F)cc2)cc1. The van der Waals surface area contributed by atoms with E-state index in [-0.39, 0.29) is 12.2 Å². The number of amides is 1. The summed E-state index contributed by atoms with van der Waals surface area (Å²) in [6.07, 6.45) is -0.0373. The van der Waals surface area contributed by atoms with Crippen molar-refractivity contribution < 1.29 is 18.7 Å². The molecule has 0 heterocycles. The van der Waals surface area contributed by atoms with Gasteiger partial charge >= 0.3 is 5.97 Å². The molecular weight excluding hydrogens is 299 g/mol. The first-order valence-electron chi connectivity index (χ1n) is 6.77. The molecule has 0 atom stereocenters.